The fourth-order valence-corrected chi connectivity index (χ4v) is 4.60. The van der Waals surface area contributed by atoms with E-state index in [1.165, 1.54) is 5.56 Å². The maximum Gasteiger partial charge on any atom is 0.228 e. The summed E-state index contributed by atoms with van der Waals surface area (Å²) in [4.78, 5) is 35.7. The average Bonchev–Trinajstić information content (AvgIpc) is 3.27. The number of anilines is 2. The quantitative estimate of drug-likeness (QED) is 0.601. The van der Waals surface area contributed by atoms with Gasteiger partial charge >= 0.3 is 0 Å². The Kier molecular flexibility index (Phi) is 5.96. The van der Waals surface area contributed by atoms with Gasteiger partial charge in [0.15, 0.2) is 5.82 Å². The largest absolute Gasteiger partial charge is 0.352 e. The van der Waals surface area contributed by atoms with Crippen molar-refractivity contribution in [2.75, 3.05) is 42.5 Å². The van der Waals surface area contributed by atoms with Crippen LogP contribution in [0.2, 0.25) is 0 Å². The number of nitrogens with zero attached hydrogens (tertiary/aromatic N) is 6. The van der Waals surface area contributed by atoms with Gasteiger partial charge in [0.2, 0.25) is 11.8 Å². The minimum atomic E-state index is -0.292. The summed E-state index contributed by atoms with van der Waals surface area (Å²) in [6.07, 6.45) is 3.74. The predicted octanol–water partition coefficient (Wildman–Crippen LogP) is 2.86. The molecule has 1 atom stereocenters. The van der Waals surface area contributed by atoms with E-state index in [0.29, 0.717) is 32.7 Å². The maximum atomic E-state index is 13.2. The average molecular weight is 457 g/mol. The van der Waals surface area contributed by atoms with E-state index in [1.807, 2.05) is 54.3 Å². The van der Waals surface area contributed by atoms with E-state index in [-0.39, 0.29) is 24.2 Å². The number of carbonyl (C=O) groups is 2. The van der Waals surface area contributed by atoms with E-state index >= 15 is 0 Å². The normalized spacial score (nSPS) is 18.5. The van der Waals surface area contributed by atoms with Crippen molar-refractivity contribution in [2.24, 2.45) is 5.92 Å². The second-order valence-electron chi connectivity index (χ2n) is 9.00. The van der Waals surface area contributed by atoms with Crippen LogP contribution in [-0.4, -0.2) is 64.6 Å². The van der Waals surface area contributed by atoms with Crippen molar-refractivity contribution < 1.29 is 9.59 Å². The molecule has 2 aromatic heterocycles. The van der Waals surface area contributed by atoms with Gasteiger partial charge in [-0.25, -0.2) is 0 Å². The molecule has 1 aromatic carbocycles. The van der Waals surface area contributed by atoms with Crippen LogP contribution in [0.15, 0.2) is 54.9 Å². The molecule has 2 amide bonds. The summed E-state index contributed by atoms with van der Waals surface area (Å²) in [5.41, 5.74) is 5.00. The first-order chi connectivity index (χ1) is 16.5. The molecule has 0 bridgehead atoms. The second kappa shape index (κ2) is 9.21. The lowest BCUT2D eigenvalue weighted by atomic mass is 10.1. The van der Waals surface area contributed by atoms with E-state index in [9.17, 15) is 9.59 Å². The Morgan fingerprint density at radius 1 is 0.912 bits per heavy atom. The van der Waals surface area contributed by atoms with E-state index < -0.39 is 0 Å². The minimum Gasteiger partial charge on any atom is -0.352 e. The molecule has 0 radical (unpaired) electrons. The van der Waals surface area contributed by atoms with Crippen LogP contribution in [0.5, 0.6) is 0 Å². The molecule has 0 N–H and O–H groups in total. The zero-order chi connectivity index (χ0) is 23.7. The minimum absolute atomic E-state index is 0.0183. The molecule has 8 nitrogen and oxygen atoms in total. The first kappa shape index (κ1) is 22.0. The van der Waals surface area contributed by atoms with Gasteiger partial charge in [-0.3, -0.25) is 14.6 Å². The molecule has 0 aliphatic carbocycles. The molecule has 2 fully saturated rings. The van der Waals surface area contributed by atoms with E-state index in [0.717, 1.165) is 28.3 Å². The Morgan fingerprint density at radius 2 is 1.68 bits per heavy atom. The van der Waals surface area contributed by atoms with Gasteiger partial charge in [0, 0.05) is 62.8 Å². The number of benzene rings is 1. The second-order valence-corrected chi connectivity index (χ2v) is 9.00. The Morgan fingerprint density at radius 3 is 2.35 bits per heavy atom. The van der Waals surface area contributed by atoms with Crippen LogP contribution in [0.1, 0.15) is 17.5 Å². The van der Waals surface area contributed by atoms with Crippen LogP contribution in [0, 0.1) is 19.8 Å². The molecule has 5 rings (SSSR count). The van der Waals surface area contributed by atoms with Crippen molar-refractivity contribution in [3.8, 4) is 11.3 Å². The molecule has 2 aliphatic rings. The van der Waals surface area contributed by atoms with Crippen molar-refractivity contribution in [3.05, 3.63) is 66.0 Å². The molecule has 0 spiro atoms. The number of hydrogen-bond donors (Lipinski definition) is 0. The Balaban J connectivity index is 1.18. The van der Waals surface area contributed by atoms with Gasteiger partial charge in [-0.15, -0.1) is 10.2 Å². The highest BCUT2D eigenvalue weighted by Crippen LogP contribution is 2.28. The van der Waals surface area contributed by atoms with Crippen molar-refractivity contribution in [2.45, 2.75) is 20.3 Å². The third-order valence-electron chi connectivity index (χ3n) is 6.82. The highest BCUT2D eigenvalue weighted by Gasteiger charge is 2.38. The Labute approximate surface area is 199 Å². The predicted molar refractivity (Wildman–Crippen MR) is 130 cm³/mol. The standard InChI is InChI=1S/C26H28N6O2/c1-18-3-4-22(15-19(18)2)32-17-21(16-25(32)33)26(34)31-13-11-30(12-14-31)24-6-5-23(28-29-24)20-7-9-27-10-8-20/h3-10,15,21H,11-14,16-17H2,1-2H3/t21-/m1/s1. The smallest absolute Gasteiger partial charge is 0.228 e. The molecule has 8 heteroatoms. The molecule has 4 heterocycles. The molecule has 2 saturated heterocycles. The Hall–Kier alpha value is -3.81. The number of rotatable bonds is 4. The van der Waals surface area contributed by atoms with Gasteiger partial charge in [-0.1, -0.05) is 6.07 Å². The molecular formula is C26H28N6O2. The SMILES string of the molecule is Cc1ccc(N2C[C@H](C(=O)N3CCN(c4ccc(-c5ccncc5)nn4)CC3)CC2=O)cc1C. The van der Waals surface area contributed by atoms with Crippen molar-refractivity contribution >= 4 is 23.3 Å². The van der Waals surface area contributed by atoms with Crippen LogP contribution < -0.4 is 9.80 Å². The van der Waals surface area contributed by atoms with Gasteiger partial charge in [0.1, 0.15) is 0 Å². The monoisotopic (exact) mass is 456 g/mol. The third-order valence-corrected chi connectivity index (χ3v) is 6.82. The first-order valence-corrected chi connectivity index (χ1v) is 11.6. The fraction of sp³-hybridized carbons (Fsp3) is 0.346. The van der Waals surface area contributed by atoms with Crippen LogP contribution >= 0.6 is 0 Å². The fourth-order valence-electron chi connectivity index (χ4n) is 4.60. The summed E-state index contributed by atoms with van der Waals surface area (Å²) in [5.74, 6) is 0.602. The third kappa shape index (κ3) is 4.35. The van der Waals surface area contributed by atoms with Crippen LogP contribution in [0.3, 0.4) is 0 Å². The lowest BCUT2D eigenvalue weighted by Crippen LogP contribution is -2.51. The first-order valence-electron chi connectivity index (χ1n) is 11.6. The van der Waals surface area contributed by atoms with Gasteiger partial charge in [-0.2, -0.15) is 0 Å². The number of carbonyl (C=O) groups excluding carboxylic acids is 2. The van der Waals surface area contributed by atoms with Crippen molar-refractivity contribution in [1.29, 1.82) is 0 Å². The lowest BCUT2D eigenvalue weighted by molar-refractivity contribution is -0.136. The molecule has 2 aliphatic heterocycles. The van der Waals surface area contributed by atoms with Gasteiger partial charge in [0.05, 0.1) is 11.6 Å². The number of hydrogen-bond acceptors (Lipinski definition) is 6. The lowest BCUT2D eigenvalue weighted by Gasteiger charge is -2.36. The van der Waals surface area contributed by atoms with Crippen LogP contribution in [-0.2, 0) is 9.59 Å². The van der Waals surface area contributed by atoms with Crippen LogP contribution in [0.4, 0.5) is 11.5 Å². The summed E-state index contributed by atoms with van der Waals surface area (Å²) < 4.78 is 0. The summed E-state index contributed by atoms with van der Waals surface area (Å²) >= 11 is 0. The number of piperazine rings is 1. The summed E-state index contributed by atoms with van der Waals surface area (Å²) in [7, 11) is 0. The topological polar surface area (TPSA) is 82.5 Å². The van der Waals surface area contributed by atoms with Crippen molar-refractivity contribution in [3.63, 3.8) is 0 Å². The van der Waals surface area contributed by atoms with Gasteiger partial charge in [0.25, 0.3) is 0 Å². The summed E-state index contributed by atoms with van der Waals surface area (Å²) in [6.45, 7) is 7.15. The highest BCUT2D eigenvalue weighted by molar-refractivity contribution is 6.00. The van der Waals surface area contributed by atoms with Crippen LogP contribution in [0.25, 0.3) is 11.3 Å². The highest BCUT2D eigenvalue weighted by atomic mass is 16.2. The molecule has 3 aromatic rings. The molecular weight excluding hydrogens is 428 g/mol. The zero-order valence-electron chi connectivity index (χ0n) is 19.5. The Bertz CT molecular complexity index is 1190. The summed E-state index contributed by atoms with van der Waals surface area (Å²) in [6, 6.07) is 13.8. The maximum absolute atomic E-state index is 13.2. The number of pyridine rings is 1. The number of aryl methyl sites for hydroxylation is 2. The molecule has 174 valence electrons. The molecule has 34 heavy (non-hydrogen) atoms. The van der Waals surface area contributed by atoms with Crippen molar-refractivity contribution in [1.82, 2.24) is 20.1 Å². The number of amides is 2. The van der Waals surface area contributed by atoms with E-state index in [1.54, 1.807) is 17.3 Å². The summed E-state index contributed by atoms with van der Waals surface area (Å²) in [5, 5.41) is 8.75. The molecule has 0 unspecified atom stereocenters. The van der Waals surface area contributed by atoms with E-state index in [2.05, 4.69) is 27.0 Å². The zero-order valence-corrected chi connectivity index (χ0v) is 19.5. The van der Waals surface area contributed by atoms with Gasteiger partial charge < -0.3 is 14.7 Å². The van der Waals surface area contributed by atoms with E-state index in [4.69, 9.17) is 0 Å². The van der Waals surface area contributed by atoms with Gasteiger partial charge in [-0.05, 0) is 61.4 Å². The number of aromatic nitrogens is 3. The molecule has 0 saturated carbocycles.